The molecule has 1 saturated heterocycles. The van der Waals surface area contributed by atoms with E-state index in [2.05, 4.69) is 47.2 Å². The number of ether oxygens (including phenoxy) is 2. The van der Waals surface area contributed by atoms with Gasteiger partial charge in [0, 0.05) is 29.6 Å². The van der Waals surface area contributed by atoms with E-state index in [0.29, 0.717) is 6.10 Å². The van der Waals surface area contributed by atoms with E-state index in [0.717, 1.165) is 42.9 Å². The quantitative estimate of drug-likeness (QED) is 0.817. The lowest BCUT2D eigenvalue weighted by Crippen LogP contribution is -2.15. The summed E-state index contributed by atoms with van der Waals surface area (Å²) in [5.41, 5.74) is 2.39. The van der Waals surface area contributed by atoms with E-state index in [9.17, 15) is 0 Å². The molecule has 0 aliphatic carbocycles. The molecule has 1 fully saturated rings. The lowest BCUT2D eigenvalue weighted by Gasteiger charge is -2.16. The number of halogens is 1. The zero-order chi connectivity index (χ0) is 14.4. The van der Waals surface area contributed by atoms with Gasteiger partial charge in [-0.2, -0.15) is 0 Å². The van der Waals surface area contributed by atoms with Gasteiger partial charge >= 0.3 is 0 Å². The second kappa shape index (κ2) is 8.01. The number of benzene rings is 1. The van der Waals surface area contributed by atoms with E-state index in [1.807, 2.05) is 0 Å². The average Bonchev–Trinajstić information content (AvgIpc) is 2.92. The molecule has 1 heterocycles. The van der Waals surface area contributed by atoms with Crippen LogP contribution in [0.1, 0.15) is 37.3 Å². The lowest BCUT2D eigenvalue weighted by molar-refractivity contribution is 0.0901. The minimum atomic E-state index is 0.392. The first-order valence-electron chi connectivity index (χ1n) is 7.45. The molecule has 1 aromatic carbocycles. The SMILES string of the molecule is CCNCc1cc(Br)cc(C)c1OCCC1CCCO1. The molecule has 3 nitrogen and oxygen atoms in total. The second-order valence-corrected chi connectivity index (χ2v) is 6.18. The molecule has 0 amide bonds. The highest BCUT2D eigenvalue weighted by molar-refractivity contribution is 9.10. The number of rotatable bonds is 7. The number of nitrogens with one attached hydrogen (secondary N) is 1. The average molecular weight is 342 g/mol. The maximum Gasteiger partial charge on any atom is 0.126 e. The lowest BCUT2D eigenvalue weighted by atomic mass is 10.1. The molecule has 112 valence electrons. The normalized spacial score (nSPS) is 18.4. The van der Waals surface area contributed by atoms with Crippen LogP contribution in [0.3, 0.4) is 0 Å². The Kier molecular flexibility index (Phi) is 6.33. The maximum absolute atomic E-state index is 6.04. The first-order chi connectivity index (χ1) is 9.70. The van der Waals surface area contributed by atoms with Crippen molar-refractivity contribution in [3.8, 4) is 5.75 Å². The summed E-state index contributed by atoms with van der Waals surface area (Å²) in [7, 11) is 0. The smallest absolute Gasteiger partial charge is 0.126 e. The van der Waals surface area contributed by atoms with Crippen LogP contribution in [0.15, 0.2) is 16.6 Å². The molecule has 2 rings (SSSR count). The van der Waals surface area contributed by atoms with Gasteiger partial charge in [-0.15, -0.1) is 0 Å². The molecule has 1 atom stereocenters. The topological polar surface area (TPSA) is 30.5 Å². The number of hydrogen-bond donors (Lipinski definition) is 1. The summed E-state index contributed by atoms with van der Waals surface area (Å²) in [4.78, 5) is 0. The van der Waals surface area contributed by atoms with Crippen LogP contribution >= 0.6 is 15.9 Å². The predicted molar refractivity (Wildman–Crippen MR) is 85.3 cm³/mol. The van der Waals surface area contributed by atoms with Crippen LogP contribution in [-0.2, 0) is 11.3 Å². The Morgan fingerprint density at radius 1 is 1.45 bits per heavy atom. The summed E-state index contributed by atoms with van der Waals surface area (Å²) < 4.78 is 12.8. The molecule has 20 heavy (non-hydrogen) atoms. The Labute approximate surface area is 130 Å². The van der Waals surface area contributed by atoms with Gasteiger partial charge in [0.15, 0.2) is 0 Å². The number of aryl methyl sites for hydroxylation is 1. The van der Waals surface area contributed by atoms with Crippen LogP contribution in [0.5, 0.6) is 5.75 Å². The summed E-state index contributed by atoms with van der Waals surface area (Å²) in [6.07, 6.45) is 3.74. The van der Waals surface area contributed by atoms with Crippen LogP contribution in [0.2, 0.25) is 0 Å². The standard InChI is InChI=1S/C16H24BrNO2/c1-3-18-11-13-10-14(17)9-12(2)16(13)20-8-6-15-5-4-7-19-15/h9-10,15,18H,3-8,11H2,1-2H3. The van der Waals surface area contributed by atoms with Gasteiger partial charge in [0.25, 0.3) is 0 Å². The highest BCUT2D eigenvalue weighted by atomic mass is 79.9. The Bertz CT molecular complexity index is 431. The van der Waals surface area contributed by atoms with Crippen molar-refractivity contribution in [3.63, 3.8) is 0 Å². The van der Waals surface area contributed by atoms with E-state index < -0.39 is 0 Å². The third-order valence-electron chi connectivity index (χ3n) is 3.59. The van der Waals surface area contributed by atoms with Crippen LogP contribution in [0.4, 0.5) is 0 Å². The molecule has 0 bridgehead atoms. The predicted octanol–water partition coefficient (Wildman–Crippen LogP) is 3.81. The monoisotopic (exact) mass is 341 g/mol. The molecule has 0 spiro atoms. The molecule has 1 N–H and O–H groups in total. The first kappa shape index (κ1) is 15.8. The summed E-state index contributed by atoms with van der Waals surface area (Å²) in [5.74, 6) is 1.02. The summed E-state index contributed by atoms with van der Waals surface area (Å²) in [6.45, 7) is 7.65. The maximum atomic E-state index is 6.04. The zero-order valence-corrected chi connectivity index (χ0v) is 14.0. The first-order valence-corrected chi connectivity index (χ1v) is 8.24. The third kappa shape index (κ3) is 4.47. The van der Waals surface area contributed by atoms with Crippen molar-refractivity contribution < 1.29 is 9.47 Å². The minimum absolute atomic E-state index is 0.392. The van der Waals surface area contributed by atoms with Gasteiger partial charge in [-0.1, -0.05) is 22.9 Å². The highest BCUT2D eigenvalue weighted by Gasteiger charge is 2.16. The van der Waals surface area contributed by atoms with Gasteiger partial charge in [0.1, 0.15) is 5.75 Å². The second-order valence-electron chi connectivity index (χ2n) is 5.26. The van der Waals surface area contributed by atoms with Crippen molar-refractivity contribution in [2.75, 3.05) is 19.8 Å². The molecule has 1 unspecified atom stereocenters. The van der Waals surface area contributed by atoms with Crippen LogP contribution < -0.4 is 10.1 Å². The van der Waals surface area contributed by atoms with Gasteiger partial charge in [-0.25, -0.2) is 0 Å². The van der Waals surface area contributed by atoms with Crippen molar-refractivity contribution in [1.82, 2.24) is 5.32 Å². The van der Waals surface area contributed by atoms with Crippen molar-refractivity contribution in [3.05, 3.63) is 27.7 Å². The third-order valence-corrected chi connectivity index (χ3v) is 4.05. The molecule has 1 aromatic rings. The molecule has 1 aliphatic heterocycles. The van der Waals surface area contributed by atoms with Crippen molar-refractivity contribution >= 4 is 15.9 Å². The fraction of sp³-hybridized carbons (Fsp3) is 0.625. The molecule has 0 radical (unpaired) electrons. The Morgan fingerprint density at radius 2 is 2.30 bits per heavy atom. The van der Waals surface area contributed by atoms with Crippen LogP contribution in [0.25, 0.3) is 0 Å². The van der Waals surface area contributed by atoms with Gasteiger partial charge in [-0.3, -0.25) is 0 Å². The van der Waals surface area contributed by atoms with E-state index >= 15 is 0 Å². The zero-order valence-electron chi connectivity index (χ0n) is 12.4. The Balaban J connectivity index is 1.96. The van der Waals surface area contributed by atoms with E-state index in [4.69, 9.17) is 9.47 Å². The van der Waals surface area contributed by atoms with Crippen molar-refractivity contribution in [1.29, 1.82) is 0 Å². The van der Waals surface area contributed by atoms with Crippen LogP contribution in [-0.4, -0.2) is 25.9 Å². The van der Waals surface area contributed by atoms with E-state index in [1.54, 1.807) is 0 Å². The molecule has 1 aliphatic rings. The van der Waals surface area contributed by atoms with E-state index in [-0.39, 0.29) is 0 Å². The van der Waals surface area contributed by atoms with Crippen molar-refractivity contribution in [2.45, 2.75) is 45.8 Å². The van der Waals surface area contributed by atoms with Crippen LogP contribution in [0, 0.1) is 6.92 Å². The van der Waals surface area contributed by atoms with E-state index in [1.165, 1.54) is 24.0 Å². The Hall–Kier alpha value is -0.580. The van der Waals surface area contributed by atoms with Crippen molar-refractivity contribution in [2.24, 2.45) is 0 Å². The number of hydrogen-bond acceptors (Lipinski definition) is 3. The molecule has 0 saturated carbocycles. The molecule has 0 aromatic heterocycles. The van der Waals surface area contributed by atoms with Gasteiger partial charge in [0.05, 0.1) is 12.7 Å². The fourth-order valence-corrected chi connectivity index (χ4v) is 3.18. The molecule has 4 heteroatoms. The fourth-order valence-electron chi connectivity index (χ4n) is 2.56. The molecular formula is C16H24BrNO2. The highest BCUT2D eigenvalue weighted by Crippen LogP contribution is 2.28. The largest absolute Gasteiger partial charge is 0.493 e. The summed E-state index contributed by atoms with van der Waals surface area (Å²) >= 11 is 3.56. The van der Waals surface area contributed by atoms with Gasteiger partial charge in [-0.05, 0) is 44.0 Å². The van der Waals surface area contributed by atoms with Gasteiger partial charge in [0.2, 0.25) is 0 Å². The Morgan fingerprint density at radius 3 is 3.00 bits per heavy atom. The minimum Gasteiger partial charge on any atom is -0.493 e. The summed E-state index contributed by atoms with van der Waals surface area (Å²) in [5, 5.41) is 3.37. The molecular weight excluding hydrogens is 318 g/mol. The summed E-state index contributed by atoms with van der Waals surface area (Å²) in [6, 6.07) is 4.24. The van der Waals surface area contributed by atoms with Gasteiger partial charge < -0.3 is 14.8 Å².